The number of likely N-dealkylation sites (N-methyl/N-ethyl adjacent to an activating group) is 1. The molecule has 1 aliphatic carbocycles. The normalized spacial score (nSPS) is 13.9. The van der Waals surface area contributed by atoms with Gasteiger partial charge in [-0.05, 0) is 38.1 Å². The van der Waals surface area contributed by atoms with Gasteiger partial charge in [-0.1, -0.05) is 6.07 Å². The first-order valence-corrected chi connectivity index (χ1v) is 6.54. The van der Waals surface area contributed by atoms with Crippen molar-refractivity contribution in [3.63, 3.8) is 0 Å². The van der Waals surface area contributed by atoms with Crippen LogP contribution in [-0.4, -0.2) is 32.0 Å². The monoisotopic (exact) mass is 261 g/mol. The third kappa shape index (κ3) is 4.06. The molecule has 0 atom stereocenters. The Morgan fingerprint density at radius 1 is 1.26 bits per heavy atom. The lowest BCUT2D eigenvalue weighted by Gasteiger charge is -2.08. The Morgan fingerprint density at radius 3 is 2.74 bits per heavy atom. The van der Waals surface area contributed by atoms with Crippen molar-refractivity contribution < 1.29 is 9.59 Å². The van der Waals surface area contributed by atoms with E-state index in [-0.39, 0.29) is 17.7 Å². The van der Waals surface area contributed by atoms with Crippen LogP contribution in [0.2, 0.25) is 0 Å². The molecule has 0 spiro atoms. The molecule has 0 aromatic heterocycles. The zero-order chi connectivity index (χ0) is 13.7. The smallest absolute Gasteiger partial charge is 0.251 e. The molecular formula is C14H19N3O2. The number of anilines is 1. The Balaban J connectivity index is 1.93. The molecule has 2 amide bonds. The van der Waals surface area contributed by atoms with Crippen LogP contribution in [0.1, 0.15) is 23.2 Å². The molecule has 2 rings (SSSR count). The number of carbonyl (C=O) groups excluding carboxylic acids is 2. The summed E-state index contributed by atoms with van der Waals surface area (Å²) in [7, 11) is 1.83. The van der Waals surface area contributed by atoms with Crippen LogP contribution in [0.3, 0.4) is 0 Å². The highest BCUT2D eigenvalue weighted by Gasteiger charge is 2.29. The average molecular weight is 261 g/mol. The van der Waals surface area contributed by atoms with Crippen LogP contribution in [0.25, 0.3) is 0 Å². The van der Waals surface area contributed by atoms with Gasteiger partial charge < -0.3 is 16.0 Å². The van der Waals surface area contributed by atoms with Crippen molar-refractivity contribution in [1.82, 2.24) is 10.6 Å². The molecule has 1 saturated carbocycles. The number of rotatable bonds is 6. The molecule has 5 heteroatoms. The van der Waals surface area contributed by atoms with Crippen LogP contribution in [0.5, 0.6) is 0 Å². The lowest BCUT2D eigenvalue weighted by molar-refractivity contribution is -0.117. The van der Waals surface area contributed by atoms with Crippen molar-refractivity contribution in [2.45, 2.75) is 12.8 Å². The van der Waals surface area contributed by atoms with Gasteiger partial charge in [-0.25, -0.2) is 0 Å². The number of carbonyl (C=O) groups is 2. The maximum Gasteiger partial charge on any atom is 0.251 e. The van der Waals surface area contributed by atoms with E-state index in [9.17, 15) is 9.59 Å². The number of hydrogen-bond acceptors (Lipinski definition) is 3. The highest BCUT2D eigenvalue weighted by atomic mass is 16.2. The Hall–Kier alpha value is -1.88. The van der Waals surface area contributed by atoms with Gasteiger partial charge in [-0.15, -0.1) is 0 Å². The van der Waals surface area contributed by atoms with Gasteiger partial charge in [-0.3, -0.25) is 9.59 Å². The molecule has 0 heterocycles. The molecule has 3 N–H and O–H groups in total. The van der Waals surface area contributed by atoms with E-state index in [4.69, 9.17) is 0 Å². The number of nitrogens with one attached hydrogen (secondary N) is 3. The molecule has 0 radical (unpaired) electrons. The molecule has 102 valence electrons. The van der Waals surface area contributed by atoms with Crippen molar-refractivity contribution in [1.29, 1.82) is 0 Å². The van der Waals surface area contributed by atoms with Gasteiger partial charge >= 0.3 is 0 Å². The van der Waals surface area contributed by atoms with Gasteiger partial charge in [0.1, 0.15) is 0 Å². The molecule has 0 saturated heterocycles. The second-order valence-electron chi connectivity index (χ2n) is 4.70. The minimum Gasteiger partial charge on any atom is -0.351 e. The van der Waals surface area contributed by atoms with Gasteiger partial charge in [0, 0.05) is 30.3 Å². The fraction of sp³-hybridized carbons (Fsp3) is 0.429. The maximum atomic E-state index is 11.9. The standard InChI is InChI=1S/C14H19N3O2/c1-15-7-8-16-13(18)11-3-2-4-12(9-11)17-14(19)10-5-6-10/h2-4,9-10,15H,5-8H2,1H3,(H,16,18)(H,17,19). The minimum absolute atomic E-state index is 0.0488. The minimum atomic E-state index is -0.127. The van der Waals surface area contributed by atoms with Crippen molar-refractivity contribution in [2.75, 3.05) is 25.5 Å². The predicted molar refractivity (Wildman–Crippen MR) is 74.1 cm³/mol. The van der Waals surface area contributed by atoms with E-state index in [1.165, 1.54) is 0 Å². The average Bonchev–Trinajstić information content (AvgIpc) is 3.23. The molecule has 0 aliphatic heterocycles. The first-order valence-electron chi connectivity index (χ1n) is 6.54. The van der Waals surface area contributed by atoms with E-state index in [1.54, 1.807) is 24.3 Å². The third-order valence-corrected chi connectivity index (χ3v) is 3.00. The second kappa shape index (κ2) is 6.33. The first kappa shape index (κ1) is 13.5. The van der Waals surface area contributed by atoms with E-state index in [0.29, 0.717) is 17.8 Å². The van der Waals surface area contributed by atoms with E-state index in [0.717, 1.165) is 19.4 Å². The third-order valence-electron chi connectivity index (χ3n) is 3.00. The molecule has 1 aromatic rings. The van der Waals surface area contributed by atoms with Gasteiger partial charge in [-0.2, -0.15) is 0 Å². The zero-order valence-corrected chi connectivity index (χ0v) is 11.0. The van der Waals surface area contributed by atoms with E-state index in [1.807, 2.05) is 7.05 Å². The quantitative estimate of drug-likeness (QED) is 0.669. The molecule has 19 heavy (non-hydrogen) atoms. The van der Waals surface area contributed by atoms with E-state index < -0.39 is 0 Å². The summed E-state index contributed by atoms with van der Waals surface area (Å²) in [6, 6.07) is 7.01. The fourth-order valence-electron chi connectivity index (χ4n) is 1.73. The summed E-state index contributed by atoms with van der Waals surface area (Å²) in [5, 5.41) is 8.60. The maximum absolute atomic E-state index is 11.9. The second-order valence-corrected chi connectivity index (χ2v) is 4.70. The van der Waals surface area contributed by atoms with Crippen molar-refractivity contribution >= 4 is 17.5 Å². The Bertz CT molecular complexity index is 470. The van der Waals surface area contributed by atoms with Gasteiger partial charge in [0.15, 0.2) is 0 Å². The predicted octanol–water partition coefficient (Wildman–Crippen LogP) is 0.984. The van der Waals surface area contributed by atoms with Crippen molar-refractivity contribution in [3.05, 3.63) is 29.8 Å². The summed E-state index contributed by atoms with van der Waals surface area (Å²) in [6.45, 7) is 1.30. The number of hydrogen-bond donors (Lipinski definition) is 3. The topological polar surface area (TPSA) is 70.2 Å². The molecule has 0 unspecified atom stereocenters. The van der Waals surface area contributed by atoms with Crippen molar-refractivity contribution in [2.24, 2.45) is 5.92 Å². The lowest BCUT2D eigenvalue weighted by atomic mass is 10.2. The van der Waals surface area contributed by atoms with Crippen molar-refractivity contribution in [3.8, 4) is 0 Å². The van der Waals surface area contributed by atoms with Gasteiger partial charge in [0.05, 0.1) is 0 Å². The fourth-order valence-corrected chi connectivity index (χ4v) is 1.73. The van der Waals surface area contributed by atoms with Crippen LogP contribution in [-0.2, 0) is 4.79 Å². The Morgan fingerprint density at radius 2 is 2.05 bits per heavy atom. The van der Waals surface area contributed by atoms with Gasteiger partial charge in [0.2, 0.25) is 5.91 Å². The Labute approximate surface area is 112 Å². The molecule has 0 bridgehead atoms. The molecule has 1 aromatic carbocycles. The van der Waals surface area contributed by atoms with E-state index in [2.05, 4.69) is 16.0 Å². The Kier molecular flexibility index (Phi) is 4.52. The summed E-state index contributed by atoms with van der Waals surface area (Å²) in [4.78, 5) is 23.5. The summed E-state index contributed by atoms with van der Waals surface area (Å²) < 4.78 is 0. The summed E-state index contributed by atoms with van der Waals surface area (Å²) in [5.41, 5.74) is 1.24. The van der Waals surface area contributed by atoms with Crippen LogP contribution in [0.4, 0.5) is 5.69 Å². The summed E-state index contributed by atoms with van der Waals surface area (Å²) in [5.74, 6) is 0.0821. The van der Waals surface area contributed by atoms with Crippen LogP contribution in [0, 0.1) is 5.92 Å². The zero-order valence-electron chi connectivity index (χ0n) is 11.0. The largest absolute Gasteiger partial charge is 0.351 e. The summed E-state index contributed by atoms with van der Waals surface area (Å²) >= 11 is 0. The number of amides is 2. The highest BCUT2D eigenvalue weighted by molar-refractivity contribution is 5.98. The van der Waals surface area contributed by atoms with E-state index >= 15 is 0 Å². The first-order chi connectivity index (χ1) is 9.20. The molecule has 1 fully saturated rings. The summed E-state index contributed by atoms with van der Waals surface area (Å²) in [6.07, 6.45) is 1.94. The number of benzene rings is 1. The lowest BCUT2D eigenvalue weighted by Crippen LogP contribution is -2.30. The SMILES string of the molecule is CNCCNC(=O)c1cccc(NC(=O)C2CC2)c1. The molecular weight excluding hydrogens is 242 g/mol. The van der Waals surface area contributed by atoms with Crippen LogP contribution < -0.4 is 16.0 Å². The highest BCUT2D eigenvalue weighted by Crippen LogP contribution is 2.30. The van der Waals surface area contributed by atoms with Crippen LogP contribution in [0.15, 0.2) is 24.3 Å². The molecule has 1 aliphatic rings. The molecule has 5 nitrogen and oxygen atoms in total. The van der Waals surface area contributed by atoms with Gasteiger partial charge in [0.25, 0.3) is 5.91 Å². The van der Waals surface area contributed by atoms with Crippen LogP contribution >= 0.6 is 0 Å².